The third-order valence-electron chi connectivity index (χ3n) is 28.2. The number of hydrogen-bond donors (Lipinski definition) is 0. The van der Waals surface area contributed by atoms with Crippen molar-refractivity contribution in [2.24, 2.45) is 0 Å². The fraction of sp³-hybridized carbons (Fsp3) is 0. The van der Waals surface area contributed by atoms with Crippen LogP contribution < -0.4 is 0 Å². The van der Waals surface area contributed by atoms with Gasteiger partial charge >= 0.3 is 0 Å². The van der Waals surface area contributed by atoms with E-state index < -0.39 is 0 Å². The first-order valence-corrected chi connectivity index (χ1v) is 48.8. The molecule has 0 amide bonds. The number of hydrogen-bond acceptors (Lipinski definition) is 6. The second-order valence-corrected chi connectivity index (χ2v) is 36.8. The van der Waals surface area contributed by atoms with Crippen molar-refractivity contribution in [3.63, 3.8) is 0 Å². The summed E-state index contributed by atoms with van der Waals surface area (Å²) in [4.78, 5) is 15.9. The van der Waals surface area contributed by atoms with Crippen molar-refractivity contribution in [1.82, 2.24) is 28.7 Å². The number of para-hydroxylation sites is 10. The van der Waals surface area contributed by atoms with Crippen molar-refractivity contribution >= 4 is 131 Å². The molecule has 0 saturated carbocycles. The minimum atomic E-state index is 0.856. The van der Waals surface area contributed by atoms with Gasteiger partial charge in [-0.1, -0.05) is 346 Å². The lowest BCUT2D eigenvalue weighted by Gasteiger charge is -2.15. The number of aromatic nitrogens is 6. The molecule has 9 heteroatoms. The van der Waals surface area contributed by atoms with E-state index in [1.54, 1.807) is 0 Å². The number of rotatable bonds is 14. The summed E-state index contributed by atoms with van der Waals surface area (Å²) >= 11 is 0. The first kappa shape index (κ1) is 84.0. The quantitative estimate of drug-likeness (QED) is 0.108. The van der Waals surface area contributed by atoms with Gasteiger partial charge in [-0.2, -0.15) is 0 Å². The summed E-state index contributed by atoms with van der Waals surface area (Å²) in [6.45, 7) is 0. The Kier molecular flexibility index (Phi) is 20.7. The zero-order valence-electron chi connectivity index (χ0n) is 78.1. The number of nitrogens with zero attached hydrogens (tertiary/aromatic N) is 6. The van der Waals surface area contributed by atoms with Gasteiger partial charge in [-0.3, -0.25) is 0 Å². The maximum atomic E-state index is 6.33. The van der Waals surface area contributed by atoms with Gasteiger partial charge in [0.2, 0.25) is 0 Å². The molecule has 0 aliphatic carbocycles. The van der Waals surface area contributed by atoms with Crippen LogP contribution in [0.3, 0.4) is 0 Å². The van der Waals surface area contributed by atoms with Gasteiger partial charge in [-0.25, -0.2) is 15.0 Å². The van der Waals surface area contributed by atoms with Crippen LogP contribution in [-0.2, 0) is 0 Å². The second kappa shape index (κ2) is 35.6. The van der Waals surface area contributed by atoms with Crippen LogP contribution in [0.5, 0.6) is 0 Å². The van der Waals surface area contributed by atoms with E-state index in [4.69, 9.17) is 28.2 Å². The van der Waals surface area contributed by atoms with Crippen LogP contribution in [-0.4, -0.2) is 28.7 Å². The average Bonchev–Trinajstić information content (AvgIpc) is 1.57. The number of fused-ring (bicyclic) bond motifs is 18. The Labute approximate surface area is 829 Å². The number of pyridine rings is 3. The van der Waals surface area contributed by atoms with Crippen LogP contribution in [0, 0.1) is 0 Å². The van der Waals surface area contributed by atoms with E-state index in [0.717, 1.165) is 195 Å². The Morgan fingerprint density at radius 1 is 0.139 bits per heavy atom. The summed E-state index contributed by atoms with van der Waals surface area (Å²) in [5.74, 6) is 0. The first-order chi connectivity index (χ1) is 71.4. The maximum Gasteiger partial charge on any atom is 0.136 e. The lowest BCUT2D eigenvalue weighted by atomic mass is 9.95. The van der Waals surface area contributed by atoms with Crippen molar-refractivity contribution in [1.29, 1.82) is 0 Å². The number of furan rings is 3. The average molecular weight is 1840 g/mol. The predicted molar refractivity (Wildman–Crippen MR) is 597 cm³/mol. The van der Waals surface area contributed by atoms with E-state index in [2.05, 4.69) is 487 Å². The first-order valence-electron chi connectivity index (χ1n) is 48.8. The van der Waals surface area contributed by atoms with Gasteiger partial charge in [-0.15, -0.1) is 0 Å². The highest BCUT2D eigenvalue weighted by Crippen LogP contribution is 2.47. The van der Waals surface area contributed by atoms with Crippen LogP contribution in [0.1, 0.15) is 0 Å². The maximum absolute atomic E-state index is 6.33. The minimum Gasteiger partial charge on any atom is -0.456 e. The molecule has 29 rings (SSSR count). The molecular weight excluding hydrogens is 1750 g/mol. The smallest absolute Gasteiger partial charge is 0.136 e. The molecule has 0 saturated heterocycles. The normalized spacial score (nSPS) is 11.6. The molecule has 9 nitrogen and oxygen atoms in total. The highest BCUT2D eigenvalue weighted by Gasteiger charge is 2.25. The van der Waals surface area contributed by atoms with Gasteiger partial charge < -0.3 is 27.0 Å². The molecule has 0 atom stereocenters. The van der Waals surface area contributed by atoms with E-state index in [1.165, 1.54) is 76.5 Å². The van der Waals surface area contributed by atoms with E-state index >= 15 is 0 Å². The second-order valence-electron chi connectivity index (χ2n) is 36.8. The molecule has 9 aromatic heterocycles. The Morgan fingerprint density at radius 3 is 1.06 bits per heavy atom. The molecule has 0 aliphatic rings. The summed E-state index contributed by atoms with van der Waals surface area (Å²) < 4.78 is 25.9. The van der Waals surface area contributed by atoms with Crippen molar-refractivity contribution in [3.05, 3.63) is 522 Å². The minimum absolute atomic E-state index is 0.856. The highest BCUT2D eigenvalue weighted by atomic mass is 16.3. The van der Waals surface area contributed by atoms with Crippen LogP contribution >= 0.6 is 0 Å². The van der Waals surface area contributed by atoms with Gasteiger partial charge in [0.1, 0.15) is 33.5 Å². The van der Waals surface area contributed by atoms with Crippen molar-refractivity contribution in [3.8, 4) is 140 Å². The van der Waals surface area contributed by atoms with Gasteiger partial charge in [-0.05, 0) is 226 Å². The molecule has 0 spiro atoms. The van der Waals surface area contributed by atoms with Crippen LogP contribution in [0.4, 0.5) is 0 Å². The molecule has 0 bridgehead atoms. The molecule has 9 heterocycles. The molecule has 0 unspecified atom stereocenters. The van der Waals surface area contributed by atoms with Crippen molar-refractivity contribution < 1.29 is 13.3 Å². The highest BCUT2D eigenvalue weighted by molar-refractivity contribution is 6.17. The molecule has 674 valence electrons. The fourth-order valence-electron chi connectivity index (χ4n) is 21.4. The largest absolute Gasteiger partial charge is 0.456 e. The molecule has 29 aromatic rings. The van der Waals surface area contributed by atoms with Gasteiger partial charge in [0.05, 0.1) is 67.3 Å². The number of benzene rings is 20. The standard InChI is InChI=1S/2C47H30N2O.C41H26N2O/c1-3-14-31(15-4-1)32-16-11-17-33(28-32)41-29-34(30-42(48-41)39-24-13-27-45-46(39)40-21-8-10-26-44(40)50-45)36-22-12-23-38-37-20-7-9-25-43(37)49(47(36)38)35-18-5-2-6-19-35;1-3-12-31(13-4-1)32-14-11-15-34(26-32)42-27-36(28-43(48-42)35-23-25-41-40-19-8-10-21-46(40)50-47(41)30-35)33-22-24-39-38-18-7-9-20-44(38)49(45(39)29-33)37-16-5-2-6-17-37;1-3-11-27(12-4-1)36-25-30(26-37(42-36)29-20-22-41-35(24-29)33-16-8-10-18-40(33)44-41)28-19-21-39-34(23-28)32-15-7-9-17-38(32)43(39)31-13-5-2-6-14-31/h2*1-30H;1-26H. The van der Waals surface area contributed by atoms with E-state index in [0.29, 0.717) is 0 Å². The molecule has 0 N–H and O–H groups in total. The third-order valence-corrected chi connectivity index (χ3v) is 28.2. The Hall–Kier alpha value is -19.4. The van der Waals surface area contributed by atoms with Gasteiger partial charge in [0.25, 0.3) is 0 Å². The Bertz CT molecular complexity index is 10000. The zero-order valence-corrected chi connectivity index (χ0v) is 78.1. The van der Waals surface area contributed by atoms with Crippen molar-refractivity contribution in [2.75, 3.05) is 0 Å². The van der Waals surface area contributed by atoms with E-state index in [1.807, 2.05) is 48.5 Å². The van der Waals surface area contributed by atoms with Crippen LogP contribution in [0.25, 0.3) is 271 Å². The summed E-state index contributed by atoms with van der Waals surface area (Å²) in [6.07, 6.45) is 0. The SMILES string of the molecule is c1ccc(-c2cc(-c3ccc4c(c3)c3ccccc3n4-c3ccccc3)cc(-c3ccc4oc5ccccc5c4c3)n2)cc1.c1ccc(-c2cccc(-c3cc(-c4ccc5c6ccccc6n(-c6ccccc6)c5c4)cc(-c4ccc5c(c4)oc4ccccc45)n3)c2)cc1.c1ccc(-c2cccc(-c3cc(-c4cccc5c6ccccc6n(-c6ccccc6)c45)cc(-c4cccc5oc6ccccc6c45)n3)c2)cc1. The van der Waals surface area contributed by atoms with Crippen LogP contribution in [0.2, 0.25) is 0 Å². The van der Waals surface area contributed by atoms with Gasteiger partial charge in [0.15, 0.2) is 0 Å². The molecule has 20 aromatic carbocycles. The summed E-state index contributed by atoms with van der Waals surface area (Å²) in [7, 11) is 0. The predicted octanol–water partition coefficient (Wildman–Crippen LogP) is 36.6. The van der Waals surface area contributed by atoms with E-state index in [-0.39, 0.29) is 0 Å². The summed E-state index contributed by atoms with van der Waals surface area (Å²) in [5.41, 5.74) is 39.1. The van der Waals surface area contributed by atoms with Crippen molar-refractivity contribution in [2.45, 2.75) is 0 Å². The molecule has 0 fully saturated rings. The Morgan fingerprint density at radius 2 is 0.458 bits per heavy atom. The topological polar surface area (TPSA) is 92.9 Å². The molecule has 0 aliphatic heterocycles. The molecular formula is C135H86N6O3. The molecule has 0 radical (unpaired) electrons. The summed E-state index contributed by atoms with van der Waals surface area (Å²) in [5, 5.41) is 14.0. The third kappa shape index (κ3) is 15.1. The molecule has 144 heavy (non-hydrogen) atoms. The monoisotopic (exact) mass is 1840 g/mol. The Balaban J connectivity index is 0.000000108. The van der Waals surface area contributed by atoms with Gasteiger partial charge in [0, 0.05) is 121 Å². The fourth-order valence-corrected chi connectivity index (χ4v) is 21.4. The zero-order chi connectivity index (χ0) is 95.1. The lowest BCUT2D eigenvalue weighted by molar-refractivity contribution is 0.668. The lowest BCUT2D eigenvalue weighted by Crippen LogP contribution is -1.96. The van der Waals surface area contributed by atoms with Crippen LogP contribution in [0.15, 0.2) is 535 Å². The van der Waals surface area contributed by atoms with E-state index in [9.17, 15) is 0 Å². The summed E-state index contributed by atoms with van der Waals surface area (Å²) in [6, 6.07) is 184.